The molecule has 1 saturated heterocycles. The van der Waals surface area contributed by atoms with E-state index in [-0.39, 0.29) is 11.2 Å². The van der Waals surface area contributed by atoms with Gasteiger partial charge in [-0.1, -0.05) is 38.1 Å². The molecule has 0 bridgehead atoms. The number of aryl methyl sites for hydroxylation is 1. The minimum Gasteiger partial charge on any atom is -0.481 e. The highest BCUT2D eigenvalue weighted by atomic mass is 32.2. The number of amides is 1. The Hall–Kier alpha value is -2.93. The van der Waals surface area contributed by atoms with Gasteiger partial charge in [0.1, 0.15) is 11.3 Å². The van der Waals surface area contributed by atoms with Crippen molar-refractivity contribution in [1.82, 2.24) is 4.90 Å². The fourth-order valence-corrected chi connectivity index (χ4v) is 5.12. The summed E-state index contributed by atoms with van der Waals surface area (Å²) in [6.07, 6.45) is 2.69. The summed E-state index contributed by atoms with van der Waals surface area (Å²) in [6.45, 7) is 8.84. The third-order valence-corrected chi connectivity index (χ3v) is 7.29. The van der Waals surface area contributed by atoms with E-state index >= 15 is 0 Å². The van der Waals surface area contributed by atoms with Crippen molar-refractivity contribution in [2.75, 3.05) is 19.3 Å². The Balaban J connectivity index is 0.00000158. The molecule has 0 saturated carbocycles. The van der Waals surface area contributed by atoms with Crippen molar-refractivity contribution in [2.24, 2.45) is 0 Å². The van der Waals surface area contributed by atoms with Crippen molar-refractivity contribution >= 4 is 27.7 Å². The zero-order valence-corrected chi connectivity index (χ0v) is 21.3. The Morgan fingerprint density at radius 2 is 1.88 bits per heavy atom. The normalized spacial score (nSPS) is 17.4. The second kappa shape index (κ2) is 11.5. The molecule has 4 rings (SSSR count). The Kier molecular flexibility index (Phi) is 8.67. The molecule has 182 valence electrons. The van der Waals surface area contributed by atoms with Crippen LogP contribution in [0.3, 0.4) is 0 Å². The Labute approximate surface area is 203 Å². The quantitative estimate of drug-likeness (QED) is 0.481. The van der Waals surface area contributed by atoms with E-state index in [0.29, 0.717) is 24.4 Å². The highest BCUT2D eigenvalue weighted by molar-refractivity contribution is 7.84. The van der Waals surface area contributed by atoms with Crippen molar-refractivity contribution in [2.45, 2.75) is 51.9 Å². The number of benzene rings is 2. The Morgan fingerprint density at radius 1 is 1.15 bits per heavy atom. The maximum absolute atomic E-state index is 12.9. The van der Waals surface area contributed by atoms with Crippen LogP contribution in [-0.4, -0.2) is 45.7 Å². The van der Waals surface area contributed by atoms with Crippen molar-refractivity contribution < 1.29 is 18.2 Å². The molecule has 1 fully saturated rings. The Morgan fingerprint density at radius 3 is 2.59 bits per heavy atom. The van der Waals surface area contributed by atoms with Crippen LogP contribution < -0.4 is 10.4 Å². The first kappa shape index (κ1) is 25.7. The van der Waals surface area contributed by atoms with E-state index in [9.17, 15) is 13.8 Å². The summed E-state index contributed by atoms with van der Waals surface area (Å²) in [5, 5.41) is 0.809. The molecule has 3 atom stereocenters. The van der Waals surface area contributed by atoms with Gasteiger partial charge in [-0.2, -0.15) is 0 Å². The third-order valence-electron chi connectivity index (χ3n) is 5.97. The highest BCUT2D eigenvalue weighted by Gasteiger charge is 2.29. The van der Waals surface area contributed by atoms with Gasteiger partial charge < -0.3 is 14.1 Å². The van der Waals surface area contributed by atoms with Crippen LogP contribution in [0.1, 0.15) is 39.2 Å². The van der Waals surface area contributed by atoms with E-state index in [2.05, 4.69) is 0 Å². The zero-order valence-electron chi connectivity index (χ0n) is 20.5. The fraction of sp³-hybridized carbons (Fsp3) is 0.407. The second-order valence-corrected chi connectivity index (χ2v) is 9.92. The van der Waals surface area contributed by atoms with E-state index in [1.807, 2.05) is 51.1 Å². The molecule has 0 spiro atoms. The first-order chi connectivity index (χ1) is 16.3. The molecule has 3 aromatic rings. The first-order valence-corrected chi connectivity index (χ1v) is 13.4. The number of likely N-dealkylation sites (tertiary alicyclic amines) is 1. The van der Waals surface area contributed by atoms with Crippen LogP contribution in [0.15, 0.2) is 57.7 Å². The van der Waals surface area contributed by atoms with Crippen LogP contribution in [0.25, 0.3) is 22.1 Å². The molecule has 1 aromatic heterocycles. The maximum Gasteiger partial charge on any atom is 0.336 e. The topological polar surface area (TPSA) is 76.8 Å². The largest absolute Gasteiger partial charge is 0.481 e. The van der Waals surface area contributed by atoms with Gasteiger partial charge in [-0.3, -0.25) is 9.00 Å². The predicted molar refractivity (Wildman–Crippen MR) is 138 cm³/mol. The molecule has 0 N–H and O–H groups in total. The van der Waals surface area contributed by atoms with E-state index < -0.39 is 22.5 Å². The molecular formula is C27H33NO5S. The molecule has 1 aliphatic rings. The summed E-state index contributed by atoms with van der Waals surface area (Å²) in [5.74, 6) is 0.325. The van der Waals surface area contributed by atoms with Crippen molar-refractivity contribution in [1.29, 1.82) is 0 Å². The zero-order chi connectivity index (χ0) is 24.8. The fourth-order valence-electron chi connectivity index (χ4n) is 4.24. The van der Waals surface area contributed by atoms with Crippen LogP contribution in [0.4, 0.5) is 0 Å². The molecule has 6 nitrogen and oxygen atoms in total. The maximum atomic E-state index is 12.9. The summed E-state index contributed by atoms with van der Waals surface area (Å²) >= 11 is 0. The van der Waals surface area contributed by atoms with Crippen LogP contribution in [-0.2, 0) is 15.6 Å². The van der Waals surface area contributed by atoms with Gasteiger partial charge in [-0.25, -0.2) is 4.79 Å². The number of carbonyl (C=O) groups is 1. The lowest BCUT2D eigenvalue weighted by molar-refractivity contribution is -0.138. The van der Waals surface area contributed by atoms with Gasteiger partial charge in [0.15, 0.2) is 6.10 Å². The molecule has 0 radical (unpaired) electrons. The van der Waals surface area contributed by atoms with Gasteiger partial charge in [0.25, 0.3) is 5.91 Å². The number of hydrogen-bond donors (Lipinski definition) is 0. The van der Waals surface area contributed by atoms with Crippen LogP contribution >= 0.6 is 0 Å². The number of nitrogens with zero attached hydrogens (tertiary/aromatic N) is 1. The summed E-state index contributed by atoms with van der Waals surface area (Å²) in [7, 11) is -0.955. The molecule has 1 amide bonds. The minimum atomic E-state index is -0.955. The second-order valence-electron chi connectivity index (χ2n) is 8.26. The SMILES string of the molecule is CC.Cc1ccccc1-c1cc(=O)oc2cc(OC(C)C(=O)N3CCCC(S(C)=O)C3)ccc12. The van der Waals surface area contributed by atoms with Crippen LogP contribution in [0.5, 0.6) is 5.75 Å². The smallest absolute Gasteiger partial charge is 0.336 e. The number of fused-ring (bicyclic) bond motifs is 1. The molecule has 3 unspecified atom stereocenters. The molecular weight excluding hydrogens is 450 g/mol. The summed E-state index contributed by atoms with van der Waals surface area (Å²) in [4.78, 5) is 26.9. The average Bonchev–Trinajstić information content (AvgIpc) is 2.84. The molecule has 1 aliphatic heterocycles. The third kappa shape index (κ3) is 5.76. The van der Waals surface area contributed by atoms with Gasteiger partial charge in [0, 0.05) is 53.2 Å². The number of piperidine rings is 1. The predicted octanol–water partition coefficient (Wildman–Crippen LogP) is 4.93. The van der Waals surface area contributed by atoms with Gasteiger partial charge in [0.05, 0.1) is 5.25 Å². The molecule has 2 aromatic carbocycles. The van der Waals surface area contributed by atoms with Crippen LogP contribution in [0.2, 0.25) is 0 Å². The molecule has 0 aliphatic carbocycles. The van der Waals surface area contributed by atoms with Gasteiger partial charge >= 0.3 is 5.63 Å². The molecule has 34 heavy (non-hydrogen) atoms. The van der Waals surface area contributed by atoms with Gasteiger partial charge in [-0.05, 0) is 49.9 Å². The number of rotatable bonds is 5. The van der Waals surface area contributed by atoms with E-state index in [4.69, 9.17) is 9.15 Å². The minimum absolute atomic E-state index is 0.00899. The highest BCUT2D eigenvalue weighted by Crippen LogP contribution is 2.31. The molecule has 7 heteroatoms. The van der Waals surface area contributed by atoms with Crippen LogP contribution in [0, 0.1) is 6.92 Å². The summed E-state index contributed by atoms with van der Waals surface area (Å²) in [5.41, 5.74) is 2.80. The van der Waals surface area contributed by atoms with Gasteiger partial charge in [0.2, 0.25) is 0 Å². The van der Waals surface area contributed by atoms with E-state index in [0.717, 1.165) is 34.9 Å². The summed E-state index contributed by atoms with van der Waals surface area (Å²) < 4.78 is 23.2. The lowest BCUT2D eigenvalue weighted by atomic mass is 9.98. The standard InChI is InChI=1S/C25H27NO5S.C2H6/c1-16-7-4-5-9-20(16)22-14-24(27)31-23-13-18(10-11-21(22)23)30-17(2)25(28)26-12-6-8-19(15-26)32(3)29;1-2/h4-5,7,9-11,13-14,17,19H,6,8,12,15H2,1-3H3;1-2H3. The van der Waals surface area contributed by atoms with Crippen molar-refractivity contribution in [3.8, 4) is 16.9 Å². The van der Waals surface area contributed by atoms with Crippen molar-refractivity contribution in [3.63, 3.8) is 0 Å². The monoisotopic (exact) mass is 483 g/mol. The lowest BCUT2D eigenvalue weighted by Gasteiger charge is -2.33. The van der Waals surface area contributed by atoms with Crippen molar-refractivity contribution in [3.05, 3.63) is 64.5 Å². The van der Waals surface area contributed by atoms with Gasteiger partial charge in [-0.15, -0.1) is 0 Å². The number of hydrogen-bond acceptors (Lipinski definition) is 5. The van der Waals surface area contributed by atoms with E-state index in [1.54, 1.807) is 30.2 Å². The number of ether oxygens (including phenoxy) is 1. The first-order valence-electron chi connectivity index (χ1n) is 11.7. The average molecular weight is 484 g/mol. The Bertz CT molecular complexity index is 1240. The lowest BCUT2D eigenvalue weighted by Crippen LogP contribution is -2.48. The molecule has 2 heterocycles. The van der Waals surface area contributed by atoms with E-state index in [1.165, 1.54) is 6.07 Å². The summed E-state index contributed by atoms with van der Waals surface area (Å²) in [6, 6.07) is 14.7. The number of carbonyl (C=O) groups excluding carboxylic acids is 1.